The SMILES string of the molecule is C[C@H]1CN(S(=O)(=O)CCNC(=O)c2ccc(Cl)cc2)C[C@H](C)O1. The highest BCUT2D eigenvalue weighted by atomic mass is 35.5. The van der Waals surface area contributed by atoms with Gasteiger partial charge in [-0.2, -0.15) is 4.31 Å². The number of hydrogen-bond donors (Lipinski definition) is 1. The lowest BCUT2D eigenvalue weighted by molar-refractivity contribution is -0.0440. The normalized spacial score (nSPS) is 22.7. The van der Waals surface area contributed by atoms with Crippen molar-refractivity contribution in [2.45, 2.75) is 26.1 Å². The molecule has 0 aromatic heterocycles. The number of amides is 1. The maximum absolute atomic E-state index is 12.3. The zero-order valence-electron chi connectivity index (χ0n) is 13.2. The summed E-state index contributed by atoms with van der Waals surface area (Å²) in [6.07, 6.45) is -0.255. The number of ether oxygens (including phenoxy) is 1. The molecule has 1 saturated heterocycles. The minimum Gasteiger partial charge on any atom is -0.373 e. The van der Waals surface area contributed by atoms with Crippen LogP contribution in [-0.4, -0.2) is 56.2 Å². The molecule has 128 valence electrons. The second-order valence-corrected chi connectivity index (χ2v) is 8.18. The summed E-state index contributed by atoms with van der Waals surface area (Å²) in [7, 11) is -3.42. The Hall–Kier alpha value is -1.15. The minimum absolute atomic E-state index is 0.0594. The van der Waals surface area contributed by atoms with Gasteiger partial charge in [0, 0.05) is 30.2 Å². The predicted octanol–water partition coefficient (Wildman–Crippen LogP) is 1.51. The Bertz CT molecular complexity index is 638. The predicted molar refractivity (Wildman–Crippen MR) is 89.2 cm³/mol. The molecule has 1 N–H and O–H groups in total. The lowest BCUT2D eigenvalue weighted by Gasteiger charge is -2.34. The van der Waals surface area contributed by atoms with Crippen LogP contribution in [0.25, 0.3) is 0 Å². The van der Waals surface area contributed by atoms with Crippen molar-refractivity contribution >= 4 is 27.5 Å². The fraction of sp³-hybridized carbons (Fsp3) is 0.533. The highest BCUT2D eigenvalue weighted by Crippen LogP contribution is 2.14. The average molecular weight is 361 g/mol. The average Bonchev–Trinajstić information content (AvgIpc) is 2.46. The van der Waals surface area contributed by atoms with Crippen molar-refractivity contribution in [3.63, 3.8) is 0 Å². The Morgan fingerprint density at radius 2 is 1.83 bits per heavy atom. The number of morpholine rings is 1. The van der Waals surface area contributed by atoms with Crippen LogP contribution in [-0.2, 0) is 14.8 Å². The number of nitrogens with zero attached hydrogens (tertiary/aromatic N) is 1. The number of rotatable bonds is 5. The third kappa shape index (κ3) is 5.17. The van der Waals surface area contributed by atoms with E-state index in [1.54, 1.807) is 24.3 Å². The van der Waals surface area contributed by atoms with Crippen molar-refractivity contribution in [2.24, 2.45) is 0 Å². The van der Waals surface area contributed by atoms with Crippen LogP contribution in [0.1, 0.15) is 24.2 Å². The van der Waals surface area contributed by atoms with E-state index in [1.165, 1.54) is 4.31 Å². The summed E-state index contributed by atoms with van der Waals surface area (Å²) >= 11 is 5.76. The molecule has 0 aliphatic carbocycles. The maximum Gasteiger partial charge on any atom is 0.251 e. The van der Waals surface area contributed by atoms with E-state index in [0.29, 0.717) is 23.7 Å². The smallest absolute Gasteiger partial charge is 0.251 e. The van der Waals surface area contributed by atoms with E-state index >= 15 is 0 Å². The fourth-order valence-electron chi connectivity index (χ4n) is 2.48. The van der Waals surface area contributed by atoms with Gasteiger partial charge in [0.05, 0.1) is 18.0 Å². The van der Waals surface area contributed by atoms with E-state index in [1.807, 2.05) is 13.8 Å². The second-order valence-electron chi connectivity index (χ2n) is 5.65. The van der Waals surface area contributed by atoms with E-state index in [9.17, 15) is 13.2 Å². The molecule has 0 spiro atoms. The molecule has 0 unspecified atom stereocenters. The van der Waals surface area contributed by atoms with Crippen molar-refractivity contribution in [2.75, 3.05) is 25.4 Å². The van der Waals surface area contributed by atoms with E-state index in [2.05, 4.69) is 5.32 Å². The molecule has 8 heteroatoms. The molecule has 1 amide bonds. The second kappa shape index (κ2) is 7.61. The highest BCUT2D eigenvalue weighted by molar-refractivity contribution is 7.89. The molecular weight excluding hydrogens is 340 g/mol. The summed E-state index contributed by atoms with van der Waals surface area (Å²) in [6.45, 7) is 4.44. The van der Waals surface area contributed by atoms with Crippen molar-refractivity contribution in [1.29, 1.82) is 0 Å². The first-order chi connectivity index (χ1) is 10.8. The van der Waals surface area contributed by atoms with Crippen LogP contribution in [0.4, 0.5) is 0 Å². The van der Waals surface area contributed by atoms with Crippen molar-refractivity contribution in [3.8, 4) is 0 Å². The molecule has 1 heterocycles. The Morgan fingerprint density at radius 1 is 1.26 bits per heavy atom. The standard InChI is InChI=1S/C15H21ClN2O4S/c1-11-9-18(10-12(2)22-11)23(20,21)8-7-17-15(19)13-3-5-14(16)6-4-13/h3-6,11-12H,7-10H2,1-2H3,(H,17,19)/t11-,12-/m0/s1. The summed E-state index contributed by atoms with van der Waals surface area (Å²) in [5.74, 6) is -0.452. The van der Waals surface area contributed by atoms with Crippen LogP contribution in [0, 0.1) is 0 Å². The quantitative estimate of drug-likeness (QED) is 0.863. The van der Waals surface area contributed by atoms with Crippen LogP contribution < -0.4 is 5.32 Å². The molecule has 0 saturated carbocycles. The van der Waals surface area contributed by atoms with Gasteiger partial charge >= 0.3 is 0 Å². The van der Waals surface area contributed by atoms with Crippen LogP contribution >= 0.6 is 11.6 Å². The molecule has 1 aromatic rings. The molecule has 23 heavy (non-hydrogen) atoms. The molecular formula is C15H21ClN2O4S. The molecule has 1 aromatic carbocycles. The Balaban J connectivity index is 1.87. The van der Waals surface area contributed by atoms with E-state index in [4.69, 9.17) is 16.3 Å². The van der Waals surface area contributed by atoms with Gasteiger partial charge in [0.2, 0.25) is 10.0 Å². The number of carbonyl (C=O) groups is 1. The van der Waals surface area contributed by atoms with Gasteiger partial charge < -0.3 is 10.1 Å². The monoisotopic (exact) mass is 360 g/mol. The fourth-order valence-corrected chi connectivity index (χ4v) is 4.10. The summed E-state index contributed by atoms with van der Waals surface area (Å²) in [5.41, 5.74) is 0.445. The highest BCUT2D eigenvalue weighted by Gasteiger charge is 2.30. The number of sulfonamides is 1. The Morgan fingerprint density at radius 3 is 2.39 bits per heavy atom. The zero-order valence-corrected chi connectivity index (χ0v) is 14.7. The van der Waals surface area contributed by atoms with Gasteiger partial charge in [-0.15, -0.1) is 0 Å². The molecule has 0 bridgehead atoms. The number of nitrogens with one attached hydrogen (secondary N) is 1. The van der Waals surface area contributed by atoms with Gasteiger partial charge in [-0.3, -0.25) is 4.79 Å². The zero-order chi connectivity index (χ0) is 17.0. The van der Waals surface area contributed by atoms with Crippen molar-refractivity contribution in [3.05, 3.63) is 34.9 Å². The maximum atomic E-state index is 12.3. The molecule has 0 radical (unpaired) electrons. The van der Waals surface area contributed by atoms with Gasteiger partial charge in [0.25, 0.3) is 5.91 Å². The Kier molecular flexibility index (Phi) is 6.02. The molecule has 1 aliphatic rings. The Labute approximate surface area is 141 Å². The van der Waals surface area contributed by atoms with Crippen LogP contribution in [0.5, 0.6) is 0 Å². The topological polar surface area (TPSA) is 75.7 Å². The van der Waals surface area contributed by atoms with Gasteiger partial charge in [-0.1, -0.05) is 11.6 Å². The first kappa shape index (κ1) is 18.2. The largest absolute Gasteiger partial charge is 0.373 e. The first-order valence-corrected chi connectivity index (χ1v) is 9.43. The molecule has 2 rings (SSSR count). The molecule has 1 aliphatic heterocycles. The number of halogens is 1. The summed E-state index contributed by atoms with van der Waals surface area (Å²) in [6, 6.07) is 6.42. The van der Waals surface area contributed by atoms with E-state index in [-0.39, 0.29) is 30.4 Å². The van der Waals surface area contributed by atoms with Crippen LogP contribution in [0.2, 0.25) is 5.02 Å². The van der Waals surface area contributed by atoms with Gasteiger partial charge in [0.1, 0.15) is 0 Å². The molecule has 2 atom stereocenters. The van der Waals surface area contributed by atoms with Crippen molar-refractivity contribution < 1.29 is 17.9 Å². The van der Waals surface area contributed by atoms with E-state index in [0.717, 1.165) is 0 Å². The van der Waals surface area contributed by atoms with E-state index < -0.39 is 10.0 Å². The number of carbonyl (C=O) groups excluding carboxylic acids is 1. The van der Waals surface area contributed by atoms with Gasteiger partial charge in [0.15, 0.2) is 0 Å². The summed E-state index contributed by atoms with van der Waals surface area (Å²) in [4.78, 5) is 11.9. The van der Waals surface area contributed by atoms with Crippen LogP contribution in [0.3, 0.4) is 0 Å². The number of hydrogen-bond acceptors (Lipinski definition) is 4. The number of benzene rings is 1. The molecule has 6 nitrogen and oxygen atoms in total. The van der Waals surface area contributed by atoms with Crippen molar-refractivity contribution in [1.82, 2.24) is 9.62 Å². The van der Waals surface area contributed by atoms with Crippen LogP contribution in [0.15, 0.2) is 24.3 Å². The summed E-state index contributed by atoms with van der Waals surface area (Å²) in [5, 5.41) is 3.16. The first-order valence-electron chi connectivity index (χ1n) is 7.45. The third-order valence-electron chi connectivity index (χ3n) is 3.53. The summed E-state index contributed by atoms with van der Waals surface area (Å²) < 4.78 is 31.6. The molecule has 1 fully saturated rings. The van der Waals surface area contributed by atoms with Gasteiger partial charge in [-0.05, 0) is 38.1 Å². The lowest BCUT2D eigenvalue weighted by atomic mass is 10.2. The third-order valence-corrected chi connectivity index (χ3v) is 5.59. The van der Waals surface area contributed by atoms with Gasteiger partial charge in [-0.25, -0.2) is 8.42 Å². The minimum atomic E-state index is -3.42. The lowest BCUT2D eigenvalue weighted by Crippen LogP contribution is -2.49.